The maximum absolute atomic E-state index is 8.54. The number of aliphatic hydroxyl groups excluding tert-OH is 2. The molecule has 0 saturated carbocycles. The van der Waals surface area contributed by atoms with Gasteiger partial charge < -0.3 is 15.5 Å². The Kier molecular flexibility index (Phi) is 4.42. The maximum Gasteiger partial charge on any atom is 0.102 e. The first-order chi connectivity index (χ1) is 6.36. The Balaban J connectivity index is 2.35. The van der Waals surface area contributed by atoms with E-state index < -0.39 is 0 Å². The highest BCUT2D eigenvalue weighted by Crippen LogP contribution is 2.02. The summed E-state index contributed by atoms with van der Waals surface area (Å²) in [5.74, 6) is 1.76. The van der Waals surface area contributed by atoms with Gasteiger partial charge in [-0.2, -0.15) is 0 Å². The fourth-order valence-corrected chi connectivity index (χ4v) is 1.14. The molecule has 0 aromatic heterocycles. The smallest absolute Gasteiger partial charge is 0.102 e. The largest absolute Gasteiger partial charge is 0.394 e. The minimum Gasteiger partial charge on any atom is -0.394 e. The molecule has 1 fully saturated rings. The van der Waals surface area contributed by atoms with Crippen LogP contribution in [-0.4, -0.2) is 48.2 Å². The minimum absolute atomic E-state index is 0.0777. The summed E-state index contributed by atoms with van der Waals surface area (Å²) in [4.78, 5) is 8.22. The van der Waals surface area contributed by atoms with Gasteiger partial charge in [-0.05, 0) is 0 Å². The summed E-state index contributed by atoms with van der Waals surface area (Å²) in [6.45, 7) is 1.04. The standard InChI is InChI=1S/C8H15N3O2/c12-5-3-9-7-1-2-8(11-7)10-4-6-13/h12-13H,1-6H2,(H,9,10,11). The van der Waals surface area contributed by atoms with Crippen LogP contribution in [0.2, 0.25) is 0 Å². The van der Waals surface area contributed by atoms with Gasteiger partial charge in [0, 0.05) is 12.8 Å². The highest BCUT2D eigenvalue weighted by Gasteiger charge is 2.12. The molecule has 0 radical (unpaired) electrons. The molecule has 13 heavy (non-hydrogen) atoms. The molecule has 0 atom stereocenters. The average Bonchev–Trinajstić information content (AvgIpc) is 2.59. The van der Waals surface area contributed by atoms with E-state index in [1.165, 1.54) is 0 Å². The summed E-state index contributed by atoms with van der Waals surface area (Å²) < 4.78 is 0. The number of aliphatic hydroxyl groups is 2. The SMILES string of the molecule is OCCN=C1CCC(=NCCO)N1. The normalized spacial score (nSPS) is 22.6. The van der Waals surface area contributed by atoms with Gasteiger partial charge in [0.2, 0.25) is 0 Å². The molecule has 0 aliphatic carbocycles. The maximum atomic E-state index is 8.54. The molecule has 0 bridgehead atoms. The number of rotatable bonds is 4. The lowest BCUT2D eigenvalue weighted by Crippen LogP contribution is -2.21. The highest BCUT2D eigenvalue weighted by atomic mass is 16.3. The monoisotopic (exact) mass is 185 g/mol. The molecule has 0 aromatic rings. The minimum atomic E-state index is 0.0777. The van der Waals surface area contributed by atoms with Gasteiger partial charge in [0.25, 0.3) is 0 Å². The summed E-state index contributed by atoms with van der Waals surface area (Å²) in [5.41, 5.74) is 0. The van der Waals surface area contributed by atoms with Crippen molar-refractivity contribution in [3.05, 3.63) is 0 Å². The quantitative estimate of drug-likeness (QED) is 0.534. The molecule has 5 nitrogen and oxygen atoms in total. The fourth-order valence-electron chi connectivity index (χ4n) is 1.14. The average molecular weight is 185 g/mol. The van der Waals surface area contributed by atoms with Crippen LogP contribution in [0.5, 0.6) is 0 Å². The third kappa shape index (κ3) is 3.52. The summed E-state index contributed by atoms with van der Waals surface area (Å²) in [5, 5.41) is 20.1. The zero-order valence-electron chi connectivity index (χ0n) is 7.53. The Bertz CT molecular complexity index is 191. The van der Waals surface area contributed by atoms with E-state index >= 15 is 0 Å². The van der Waals surface area contributed by atoms with E-state index in [1.807, 2.05) is 0 Å². The van der Waals surface area contributed by atoms with Crippen LogP contribution in [0, 0.1) is 0 Å². The predicted molar refractivity (Wildman–Crippen MR) is 51.1 cm³/mol. The molecule has 1 aliphatic rings. The van der Waals surface area contributed by atoms with E-state index in [1.54, 1.807) is 0 Å². The van der Waals surface area contributed by atoms with Crippen molar-refractivity contribution in [3.63, 3.8) is 0 Å². The summed E-state index contributed by atoms with van der Waals surface area (Å²) >= 11 is 0. The lowest BCUT2D eigenvalue weighted by Gasteiger charge is -1.97. The molecule has 5 heteroatoms. The molecule has 3 N–H and O–H groups in total. The third-order valence-electron chi connectivity index (χ3n) is 1.69. The van der Waals surface area contributed by atoms with Crippen molar-refractivity contribution in [1.29, 1.82) is 0 Å². The predicted octanol–water partition coefficient (Wildman–Crippen LogP) is -0.849. The highest BCUT2D eigenvalue weighted by molar-refractivity contribution is 6.07. The number of hydrogen-bond acceptors (Lipinski definition) is 4. The Morgan fingerprint density at radius 1 is 1.00 bits per heavy atom. The zero-order valence-corrected chi connectivity index (χ0v) is 7.53. The summed E-state index contributed by atoms with van der Waals surface area (Å²) in [6, 6.07) is 0. The Morgan fingerprint density at radius 2 is 1.46 bits per heavy atom. The number of nitrogens with zero attached hydrogens (tertiary/aromatic N) is 2. The Hall–Kier alpha value is -0.940. The van der Waals surface area contributed by atoms with Crippen LogP contribution in [0.4, 0.5) is 0 Å². The number of aliphatic imine (C=N–C) groups is 2. The van der Waals surface area contributed by atoms with Crippen molar-refractivity contribution in [2.24, 2.45) is 9.98 Å². The van der Waals surface area contributed by atoms with Crippen molar-refractivity contribution in [3.8, 4) is 0 Å². The van der Waals surface area contributed by atoms with Crippen LogP contribution in [0.15, 0.2) is 9.98 Å². The van der Waals surface area contributed by atoms with Crippen LogP contribution in [-0.2, 0) is 0 Å². The molecular formula is C8H15N3O2. The van der Waals surface area contributed by atoms with Crippen molar-refractivity contribution in [2.45, 2.75) is 12.8 Å². The van der Waals surface area contributed by atoms with Crippen molar-refractivity contribution in [1.82, 2.24) is 5.32 Å². The van der Waals surface area contributed by atoms with Gasteiger partial charge in [0.1, 0.15) is 11.7 Å². The van der Waals surface area contributed by atoms with Crippen LogP contribution < -0.4 is 5.32 Å². The second-order valence-electron chi connectivity index (χ2n) is 2.73. The van der Waals surface area contributed by atoms with Crippen LogP contribution in [0.25, 0.3) is 0 Å². The van der Waals surface area contributed by atoms with Gasteiger partial charge >= 0.3 is 0 Å². The first kappa shape index (κ1) is 10.1. The van der Waals surface area contributed by atoms with E-state index in [9.17, 15) is 0 Å². The first-order valence-corrected chi connectivity index (χ1v) is 4.42. The molecule has 0 unspecified atom stereocenters. The summed E-state index contributed by atoms with van der Waals surface area (Å²) in [6.07, 6.45) is 1.70. The van der Waals surface area contributed by atoms with E-state index in [0.29, 0.717) is 13.1 Å². The second kappa shape index (κ2) is 5.66. The Morgan fingerprint density at radius 3 is 1.85 bits per heavy atom. The molecule has 0 aromatic carbocycles. The van der Waals surface area contributed by atoms with Gasteiger partial charge in [-0.25, -0.2) is 0 Å². The lowest BCUT2D eigenvalue weighted by molar-refractivity contribution is 0.306. The molecule has 1 aliphatic heterocycles. The fraction of sp³-hybridized carbons (Fsp3) is 0.750. The van der Waals surface area contributed by atoms with Crippen molar-refractivity contribution in [2.75, 3.05) is 26.3 Å². The lowest BCUT2D eigenvalue weighted by atomic mass is 10.3. The van der Waals surface area contributed by atoms with Crippen molar-refractivity contribution >= 4 is 11.7 Å². The topological polar surface area (TPSA) is 77.2 Å². The number of hydrogen-bond donors (Lipinski definition) is 3. The van der Waals surface area contributed by atoms with Gasteiger partial charge in [0.05, 0.1) is 26.3 Å². The van der Waals surface area contributed by atoms with Crippen LogP contribution >= 0.6 is 0 Å². The first-order valence-electron chi connectivity index (χ1n) is 4.42. The van der Waals surface area contributed by atoms with Crippen LogP contribution in [0.1, 0.15) is 12.8 Å². The van der Waals surface area contributed by atoms with Gasteiger partial charge in [-0.15, -0.1) is 0 Å². The molecular weight excluding hydrogens is 170 g/mol. The summed E-state index contributed by atoms with van der Waals surface area (Å²) in [7, 11) is 0. The number of nitrogens with one attached hydrogen (secondary N) is 1. The molecule has 1 heterocycles. The van der Waals surface area contributed by atoms with E-state index in [4.69, 9.17) is 10.2 Å². The van der Waals surface area contributed by atoms with Gasteiger partial charge in [0.15, 0.2) is 0 Å². The second-order valence-corrected chi connectivity index (χ2v) is 2.73. The number of amidine groups is 2. The van der Waals surface area contributed by atoms with E-state index in [0.717, 1.165) is 24.5 Å². The third-order valence-corrected chi connectivity index (χ3v) is 1.69. The Labute approximate surface area is 77.2 Å². The zero-order chi connectivity index (χ0) is 9.52. The molecule has 1 rings (SSSR count). The van der Waals surface area contributed by atoms with E-state index in [2.05, 4.69) is 15.3 Å². The molecule has 74 valence electrons. The van der Waals surface area contributed by atoms with Crippen molar-refractivity contribution < 1.29 is 10.2 Å². The van der Waals surface area contributed by atoms with Crippen LogP contribution in [0.3, 0.4) is 0 Å². The molecule has 1 saturated heterocycles. The molecule has 0 spiro atoms. The van der Waals surface area contributed by atoms with Gasteiger partial charge in [-0.1, -0.05) is 0 Å². The molecule has 0 amide bonds. The van der Waals surface area contributed by atoms with Gasteiger partial charge in [-0.3, -0.25) is 9.98 Å². The van der Waals surface area contributed by atoms with E-state index in [-0.39, 0.29) is 13.2 Å².